The molecule has 1 aliphatic heterocycles. The van der Waals surface area contributed by atoms with Crippen molar-refractivity contribution in [1.82, 2.24) is 5.32 Å². The summed E-state index contributed by atoms with van der Waals surface area (Å²) in [6, 6.07) is 0. The summed E-state index contributed by atoms with van der Waals surface area (Å²) in [7, 11) is 1.82. The number of hydrogen-bond donors (Lipinski definition) is 1. The van der Waals surface area contributed by atoms with E-state index in [-0.39, 0.29) is 5.60 Å². The maximum Gasteiger partial charge on any atom is 0.157 e. The Balaban J connectivity index is 1.74. The molecule has 1 atom stereocenters. The number of nitrogens with one attached hydrogen (secondary N) is 1. The van der Waals surface area contributed by atoms with Gasteiger partial charge in [0.1, 0.15) is 0 Å². The van der Waals surface area contributed by atoms with E-state index in [1.54, 1.807) is 0 Å². The largest absolute Gasteiger partial charge is 0.376 e. The number of hydrogen-bond acceptors (Lipinski definition) is 4. The minimum absolute atomic E-state index is 0.105. The molecule has 1 unspecified atom stereocenters. The normalized spacial score (nSPS) is 28.4. The molecule has 2 aliphatic rings. The number of methoxy groups -OCH3 is 1. The Labute approximate surface area is 96.1 Å². The third-order valence-electron chi connectivity index (χ3n) is 3.43. The van der Waals surface area contributed by atoms with Gasteiger partial charge in [-0.2, -0.15) is 0 Å². The lowest BCUT2D eigenvalue weighted by Gasteiger charge is -2.40. The van der Waals surface area contributed by atoms with Crippen LogP contribution in [0.4, 0.5) is 0 Å². The quantitative estimate of drug-likeness (QED) is 0.799. The molecule has 4 heteroatoms. The van der Waals surface area contributed by atoms with Crippen LogP contribution in [0.15, 0.2) is 4.99 Å². The second kappa shape index (κ2) is 4.74. The van der Waals surface area contributed by atoms with Crippen LogP contribution < -0.4 is 5.32 Å². The van der Waals surface area contributed by atoms with Gasteiger partial charge in [0.05, 0.1) is 12.1 Å². The average Bonchev–Trinajstić information content (AvgIpc) is 2.65. The molecule has 86 valence electrons. The standard InChI is InChI=1S/C11H20N2OS/c1-3-9-7-12-10(15-9)13-8-11(14-2)5-4-6-11/h9H,3-8H2,1-2H3,(H,12,13). The van der Waals surface area contributed by atoms with E-state index < -0.39 is 0 Å². The molecular formula is C11H20N2OS. The Morgan fingerprint density at radius 2 is 2.40 bits per heavy atom. The maximum atomic E-state index is 5.56. The van der Waals surface area contributed by atoms with Crippen molar-refractivity contribution in [2.75, 3.05) is 20.2 Å². The zero-order valence-corrected chi connectivity index (χ0v) is 10.4. The fourth-order valence-electron chi connectivity index (χ4n) is 1.99. The first-order chi connectivity index (χ1) is 7.28. The van der Waals surface area contributed by atoms with Gasteiger partial charge < -0.3 is 10.1 Å². The lowest BCUT2D eigenvalue weighted by atomic mass is 9.80. The van der Waals surface area contributed by atoms with Crippen molar-refractivity contribution in [3.05, 3.63) is 0 Å². The van der Waals surface area contributed by atoms with Crippen LogP contribution in [0.25, 0.3) is 0 Å². The first-order valence-electron chi connectivity index (χ1n) is 5.78. The van der Waals surface area contributed by atoms with E-state index >= 15 is 0 Å². The van der Waals surface area contributed by atoms with Gasteiger partial charge in [-0.15, -0.1) is 0 Å². The van der Waals surface area contributed by atoms with Gasteiger partial charge in [0, 0.05) is 18.9 Å². The number of aliphatic imine (C=N–C) groups is 1. The lowest BCUT2D eigenvalue weighted by molar-refractivity contribution is -0.0663. The Kier molecular flexibility index (Phi) is 3.57. The number of amidine groups is 1. The molecule has 0 spiro atoms. The van der Waals surface area contributed by atoms with Crippen LogP contribution >= 0.6 is 11.8 Å². The van der Waals surface area contributed by atoms with Crippen LogP contribution in [0, 0.1) is 0 Å². The first kappa shape index (κ1) is 11.3. The van der Waals surface area contributed by atoms with Crippen LogP contribution in [0.2, 0.25) is 0 Å². The van der Waals surface area contributed by atoms with E-state index in [2.05, 4.69) is 17.2 Å². The molecule has 0 amide bonds. The van der Waals surface area contributed by atoms with Crippen LogP contribution in [0.3, 0.4) is 0 Å². The molecule has 0 bridgehead atoms. The molecule has 0 aromatic rings. The number of ether oxygens (including phenoxy) is 1. The smallest absolute Gasteiger partial charge is 0.157 e. The van der Waals surface area contributed by atoms with Crippen LogP contribution in [-0.4, -0.2) is 36.2 Å². The van der Waals surface area contributed by atoms with Gasteiger partial charge in [-0.25, -0.2) is 0 Å². The molecule has 1 saturated carbocycles. The van der Waals surface area contributed by atoms with Gasteiger partial charge >= 0.3 is 0 Å². The van der Waals surface area contributed by atoms with E-state index in [0.717, 1.165) is 18.3 Å². The molecular weight excluding hydrogens is 208 g/mol. The fourth-order valence-corrected chi connectivity index (χ4v) is 2.92. The van der Waals surface area contributed by atoms with Gasteiger partial charge in [0.2, 0.25) is 0 Å². The first-order valence-corrected chi connectivity index (χ1v) is 6.66. The molecule has 1 fully saturated rings. The highest BCUT2D eigenvalue weighted by atomic mass is 32.2. The number of rotatable bonds is 4. The number of thioether (sulfide) groups is 1. The Hall–Kier alpha value is -0.220. The summed E-state index contributed by atoms with van der Waals surface area (Å²) in [4.78, 5) is 4.50. The molecule has 0 aromatic heterocycles. The van der Waals surface area contributed by atoms with Crippen molar-refractivity contribution in [2.45, 2.75) is 43.5 Å². The topological polar surface area (TPSA) is 33.6 Å². The fraction of sp³-hybridized carbons (Fsp3) is 0.909. The summed E-state index contributed by atoms with van der Waals surface area (Å²) in [5.74, 6) is 0. The molecule has 15 heavy (non-hydrogen) atoms. The zero-order valence-electron chi connectivity index (χ0n) is 9.58. The molecule has 3 nitrogen and oxygen atoms in total. The average molecular weight is 228 g/mol. The minimum Gasteiger partial charge on any atom is -0.376 e. The minimum atomic E-state index is 0.105. The van der Waals surface area contributed by atoms with Crippen LogP contribution in [-0.2, 0) is 4.74 Å². The molecule has 0 saturated heterocycles. The lowest BCUT2D eigenvalue weighted by Crippen LogP contribution is -2.48. The Morgan fingerprint density at radius 1 is 1.60 bits per heavy atom. The van der Waals surface area contributed by atoms with E-state index in [0.29, 0.717) is 5.25 Å². The molecule has 2 rings (SSSR count). The highest BCUT2D eigenvalue weighted by molar-refractivity contribution is 8.14. The third kappa shape index (κ3) is 2.48. The van der Waals surface area contributed by atoms with Crippen molar-refractivity contribution in [3.8, 4) is 0 Å². The third-order valence-corrected chi connectivity index (χ3v) is 4.74. The van der Waals surface area contributed by atoms with Gasteiger partial charge in [-0.1, -0.05) is 18.7 Å². The SMILES string of the molecule is CCC1CN=C(NCC2(OC)CCC2)S1. The zero-order chi connectivity index (χ0) is 10.7. The Morgan fingerprint density at radius 3 is 2.87 bits per heavy atom. The van der Waals surface area contributed by atoms with Crippen molar-refractivity contribution >= 4 is 16.9 Å². The van der Waals surface area contributed by atoms with Crippen LogP contribution in [0.5, 0.6) is 0 Å². The van der Waals surface area contributed by atoms with Gasteiger partial charge in [0.25, 0.3) is 0 Å². The number of nitrogens with zero attached hydrogens (tertiary/aromatic N) is 1. The highest BCUT2D eigenvalue weighted by Gasteiger charge is 2.37. The predicted octanol–water partition coefficient (Wildman–Crippen LogP) is 2.03. The summed E-state index contributed by atoms with van der Waals surface area (Å²) in [5, 5.41) is 5.23. The van der Waals surface area contributed by atoms with Crippen molar-refractivity contribution < 1.29 is 4.74 Å². The summed E-state index contributed by atoms with van der Waals surface area (Å²) in [5.41, 5.74) is 0.105. The van der Waals surface area contributed by atoms with Gasteiger partial charge in [0.15, 0.2) is 5.17 Å². The van der Waals surface area contributed by atoms with Crippen molar-refractivity contribution in [2.24, 2.45) is 4.99 Å². The monoisotopic (exact) mass is 228 g/mol. The molecule has 0 aromatic carbocycles. The second-order valence-corrected chi connectivity index (χ2v) is 5.68. The molecule has 1 N–H and O–H groups in total. The summed E-state index contributed by atoms with van der Waals surface area (Å²) in [6.45, 7) is 4.12. The van der Waals surface area contributed by atoms with E-state index in [9.17, 15) is 0 Å². The highest BCUT2D eigenvalue weighted by Crippen LogP contribution is 2.34. The summed E-state index contributed by atoms with van der Waals surface area (Å²) >= 11 is 1.88. The summed E-state index contributed by atoms with van der Waals surface area (Å²) < 4.78 is 5.56. The Bertz CT molecular complexity index is 245. The molecule has 1 heterocycles. The van der Waals surface area contributed by atoms with Gasteiger partial charge in [-0.05, 0) is 25.7 Å². The van der Waals surface area contributed by atoms with E-state index in [4.69, 9.17) is 4.74 Å². The predicted molar refractivity (Wildman–Crippen MR) is 65.6 cm³/mol. The van der Waals surface area contributed by atoms with E-state index in [1.165, 1.54) is 25.7 Å². The molecule has 1 aliphatic carbocycles. The summed E-state index contributed by atoms with van der Waals surface area (Å²) in [6.07, 6.45) is 4.87. The van der Waals surface area contributed by atoms with Crippen molar-refractivity contribution in [3.63, 3.8) is 0 Å². The van der Waals surface area contributed by atoms with Gasteiger partial charge in [-0.3, -0.25) is 4.99 Å². The maximum absolute atomic E-state index is 5.56. The van der Waals surface area contributed by atoms with E-state index in [1.807, 2.05) is 18.9 Å². The second-order valence-electron chi connectivity index (χ2n) is 4.39. The van der Waals surface area contributed by atoms with Crippen molar-refractivity contribution in [1.29, 1.82) is 0 Å². The van der Waals surface area contributed by atoms with Crippen LogP contribution in [0.1, 0.15) is 32.6 Å². The molecule has 0 radical (unpaired) electrons.